The lowest BCUT2D eigenvalue weighted by Crippen LogP contribution is -1.98. The molecule has 86 valence electrons. The smallest absolute Gasteiger partial charge is 0.176 e. The Morgan fingerprint density at radius 2 is 2.00 bits per heavy atom. The second-order valence-corrected chi connectivity index (χ2v) is 3.87. The Morgan fingerprint density at radius 3 is 2.65 bits per heavy atom. The Kier molecular flexibility index (Phi) is 3.35. The van der Waals surface area contributed by atoms with Crippen LogP contribution in [0.2, 0.25) is 0 Å². The summed E-state index contributed by atoms with van der Waals surface area (Å²) in [7, 11) is 0. The van der Waals surface area contributed by atoms with Gasteiger partial charge in [0.25, 0.3) is 0 Å². The molecule has 2 aromatic rings. The third-order valence-corrected chi connectivity index (χ3v) is 2.57. The van der Waals surface area contributed by atoms with Crippen LogP contribution in [-0.4, -0.2) is 20.3 Å². The van der Waals surface area contributed by atoms with Crippen molar-refractivity contribution in [1.82, 2.24) is 9.97 Å². The lowest BCUT2D eigenvalue weighted by Gasteiger charge is -2.06. The minimum absolute atomic E-state index is 0.0208. The summed E-state index contributed by atoms with van der Waals surface area (Å²) in [6.45, 7) is 1.96. The Bertz CT molecular complexity index is 555. The molecule has 0 saturated heterocycles. The molecule has 0 amide bonds. The molecular weight excluding hydrogens is 238 g/mol. The molecule has 0 radical (unpaired) electrons. The van der Waals surface area contributed by atoms with Crippen LogP contribution in [0.4, 0.5) is 0 Å². The number of aromatic nitrogens is 2. The van der Waals surface area contributed by atoms with Crippen LogP contribution in [0.1, 0.15) is 11.1 Å². The molecule has 4 nitrogen and oxygen atoms in total. The number of halogens is 1. The highest BCUT2D eigenvalue weighted by atomic mass is 35.5. The van der Waals surface area contributed by atoms with Gasteiger partial charge in [-0.1, -0.05) is 34.5 Å². The zero-order chi connectivity index (χ0) is 12.3. The van der Waals surface area contributed by atoms with E-state index in [1.165, 1.54) is 0 Å². The van der Waals surface area contributed by atoms with Gasteiger partial charge in [0.05, 0.1) is 0 Å². The summed E-state index contributed by atoms with van der Waals surface area (Å²) in [5.74, 6) is 0.549. The van der Waals surface area contributed by atoms with Crippen molar-refractivity contribution in [2.75, 3.05) is 0 Å². The van der Waals surface area contributed by atoms with Crippen LogP contribution in [0.15, 0.2) is 41.8 Å². The van der Waals surface area contributed by atoms with Crippen molar-refractivity contribution >= 4 is 16.8 Å². The van der Waals surface area contributed by atoms with Gasteiger partial charge in [0, 0.05) is 23.5 Å². The molecule has 0 bridgehead atoms. The van der Waals surface area contributed by atoms with Crippen LogP contribution < -0.4 is 0 Å². The first-order chi connectivity index (χ1) is 8.22. The zero-order valence-electron chi connectivity index (χ0n) is 9.13. The van der Waals surface area contributed by atoms with Gasteiger partial charge in [-0.2, -0.15) is 0 Å². The molecule has 0 fully saturated rings. The monoisotopic (exact) mass is 247 g/mol. The van der Waals surface area contributed by atoms with E-state index >= 15 is 0 Å². The fourth-order valence-corrected chi connectivity index (χ4v) is 1.68. The highest BCUT2D eigenvalue weighted by Gasteiger charge is 2.11. The number of hydrogen-bond donors (Lipinski definition) is 1. The van der Waals surface area contributed by atoms with Gasteiger partial charge < -0.3 is 5.21 Å². The molecule has 1 aromatic carbocycles. The van der Waals surface area contributed by atoms with Crippen molar-refractivity contribution in [1.29, 1.82) is 0 Å². The Balaban J connectivity index is 2.63. The molecule has 0 unspecified atom stereocenters. The van der Waals surface area contributed by atoms with Crippen molar-refractivity contribution in [3.05, 3.63) is 47.8 Å². The topological polar surface area (TPSA) is 58.4 Å². The highest BCUT2D eigenvalue weighted by Crippen LogP contribution is 2.23. The lowest BCUT2D eigenvalue weighted by molar-refractivity contribution is 0.321. The molecule has 2 rings (SSSR count). The van der Waals surface area contributed by atoms with Crippen molar-refractivity contribution in [2.24, 2.45) is 5.16 Å². The maximum Gasteiger partial charge on any atom is 0.176 e. The second kappa shape index (κ2) is 4.93. The number of rotatable bonds is 2. The first kappa shape index (κ1) is 11.5. The largest absolute Gasteiger partial charge is 0.410 e. The van der Waals surface area contributed by atoms with Gasteiger partial charge in [0.2, 0.25) is 0 Å². The minimum Gasteiger partial charge on any atom is -0.410 e. The molecule has 0 aliphatic heterocycles. The molecule has 0 saturated carbocycles. The Labute approximate surface area is 104 Å². The van der Waals surface area contributed by atoms with E-state index in [0.717, 1.165) is 11.1 Å². The summed E-state index contributed by atoms with van der Waals surface area (Å²) >= 11 is 5.84. The average molecular weight is 248 g/mol. The third-order valence-electron chi connectivity index (χ3n) is 2.29. The summed E-state index contributed by atoms with van der Waals surface area (Å²) in [6.07, 6.45) is 3.30. The third kappa shape index (κ3) is 2.42. The van der Waals surface area contributed by atoms with Crippen LogP contribution in [0.3, 0.4) is 0 Å². The number of hydrogen-bond acceptors (Lipinski definition) is 4. The van der Waals surface area contributed by atoms with E-state index in [0.29, 0.717) is 11.4 Å². The highest BCUT2D eigenvalue weighted by molar-refractivity contribution is 6.70. The minimum atomic E-state index is 0.0208. The number of nitrogens with zero attached hydrogens (tertiary/aromatic N) is 3. The molecule has 5 heteroatoms. The first-order valence-corrected chi connectivity index (χ1v) is 5.36. The predicted molar refractivity (Wildman–Crippen MR) is 66.4 cm³/mol. The molecular formula is C12H10ClN3O. The predicted octanol–water partition coefficient (Wildman–Crippen LogP) is 2.83. The summed E-state index contributed by atoms with van der Waals surface area (Å²) in [5.41, 5.74) is 2.40. The molecule has 0 aliphatic rings. The van der Waals surface area contributed by atoms with E-state index in [1.54, 1.807) is 24.5 Å². The molecule has 1 N–H and O–H groups in total. The molecule has 17 heavy (non-hydrogen) atoms. The molecule has 0 atom stereocenters. The fourth-order valence-electron chi connectivity index (χ4n) is 1.52. The zero-order valence-corrected chi connectivity index (χ0v) is 9.89. The number of benzene rings is 1. The van der Waals surface area contributed by atoms with Crippen molar-refractivity contribution < 1.29 is 5.21 Å². The Morgan fingerprint density at radius 1 is 1.29 bits per heavy atom. The molecule has 0 spiro atoms. The Hall–Kier alpha value is -1.94. The van der Waals surface area contributed by atoms with Gasteiger partial charge in [0.1, 0.15) is 0 Å². The van der Waals surface area contributed by atoms with E-state index in [9.17, 15) is 0 Å². The van der Waals surface area contributed by atoms with Gasteiger partial charge >= 0.3 is 0 Å². The van der Waals surface area contributed by atoms with E-state index in [4.69, 9.17) is 16.8 Å². The van der Waals surface area contributed by atoms with E-state index in [-0.39, 0.29) is 5.17 Å². The maximum atomic E-state index is 8.74. The normalized spacial score (nSPS) is 11.5. The van der Waals surface area contributed by atoms with Crippen LogP contribution in [0, 0.1) is 6.92 Å². The van der Waals surface area contributed by atoms with Crippen molar-refractivity contribution in [3.8, 4) is 11.4 Å². The first-order valence-electron chi connectivity index (χ1n) is 4.98. The van der Waals surface area contributed by atoms with Crippen molar-refractivity contribution in [2.45, 2.75) is 6.92 Å². The van der Waals surface area contributed by atoms with Crippen LogP contribution >= 0.6 is 11.6 Å². The summed E-state index contributed by atoms with van der Waals surface area (Å²) in [4.78, 5) is 8.32. The number of oxime groups is 1. The molecule has 0 aliphatic carbocycles. The van der Waals surface area contributed by atoms with E-state index < -0.39 is 0 Å². The maximum absolute atomic E-state index is 8.74. The molecule has 1 heterocycles. The number of aryl methyl sites for hydroxylation is 1. The van der Waals surface area contributed by atoms with Gasteiger partial charge in [-0.25, -0.2) is 9.97 Å². The summed E-state index contributed by atoms with van der Waals surface area (Å²) < 4.78 is 0. The average Bonchev–Trinajstić information content (AvgIpc) is 2.39. The standard InChI is InChI=1S/C12H10ClN3O/c1-8-3-4-9(11(13)16-17)10(7-8)12-14-5-2-6-15-12/h2-7,17H,1H3. The van der Waals surface area contributed by atoms with Crippen LogP contribution in [0.5, 0.6) is 0 Å². The summed E-state index contributed by atoms with van der Waals surface area (Å²) in [6, 6.07) is 7.30. The van der Waals surface area contributed by atoms with Gasteiger partial charge in [-0.05, 0) is 19.1 Å². The van der Waals surface area contributed by atoms with E-state index in [2.05, 4.69) is 15.1 Å². The fraction of sp³-hybridized carbons (Fsp3) is 0.0833. The van der Waals surface area contributed by atoms with E-state index in [1.807, 2.05) is 19.1 Å². The van der Waals surface area contributed by atoms with Gasteiger partial charge in [-0.15, -0.1) is 0 Å². The SMILES string of the molecule is Cc1ccc(C(Cl)=NO)c(-c2ncccn2)c1. The van der Waals surface area contributed by atoms with Crippen molar-refractivity contribution in [3.63, 3.8) is 0 Å². The quantitative estimate of drug-likeness (QED) is 0.504. The lowest BCUT2D eigenvalue weighted by atomic mass is 10.0. The second-order valence-electron chi connectivity index (χ2n) is 3.51. The van der Waals surface area contributed by atoms with Gasteiger partial charge in [0.15, 0.2) is 11.0 Å². The van der Waals surface area contributed by atoms with Crippen LogP contribution in [-0.2, 0) is 0 Å². The summed E-state index contributed by atoms with van der Waals surface area (Å²) in [5, 5.41) is 11.8. The molecule has 1 aromatic heterocycles. The van der Waals surface area contributed by atoms with Crippen LogP contribution in [0.25, 0.3) is 11.4 Å². The van der Waals surface area contributed by atoms with Gasteiger partial charge in [-0.3, -0.25) is 0 Å².